The molecule has 30 heavy (non-hydrogen) atoms. The van der Waals surface area contributed by atoms with Gasteiger partial charge in [0, 0.05) is 25.0 Å². The number of hydrogen-bond donors (Lipinski definition) is 3. The summed E-state index contributed by atoms with van der Waals surface area (Å²) in [6.45, 7) is 4.25. The van der Waals surface area contributed by atoms with Crippen molar-refractivity contribution in [2.75, 3.05) is 13.1 Å². The van der Waals surface area contributed by atoms with Crippen LogP contribution in [0, 0.1) is 0 Å². The Hall–Kier alpha value is -2.10. The zero-order valence-electron chi connectivity index (χ0n) is 17.6. The average Bonchev–Trinajstić information content (AvgIpc) is 3.25. The van der Waals surface area contributed by atoms with Gasteiger partial charge in [-0.15, -0.1) is 24.0 Å². The molecule has 1 aromatic heterocycles. The van der Waals surface area contributed by atoms with Crippen LogP contribution in [0.4, 0.5) is 0 Å². The second-order valence-electron chi connectivity index (χ2n) is 7.42. The molecule has 0 saturated heterocycles. The van der Waals surface area contributed by atoms with Crippen LogP contribution in [0.25, 0.3) is 0 Å². The summed E-state index contributed by atoms with van der Waals surface area (Å²) in [6, 6.07) is 10.5. The molecule has 0 spiro atoms. The fourth-order valence-electron chi connectivity index (χ4n) is 3.63. The predicted octanol–water partition coefficient (Wildman–Crippen LogP) is 3.05. The minimum atomic E-state index is 0. The first-order valence-electron chi connectivity index (χ1n) is 10.6. The van der Waals surface area contributed by atoms with Crippen LogP contribution in [0.3, 0.4) is 0 Å². The molecule has 2 aromatic rings. The van der Waals surface area contributed by atoms with Gasteiger partial charge >= 0.3 is 0 Å². The lowest BCUT2D eigenvalue weighted by atomic mass is 9.95. The number of halogens is 1. The lowest BCUT2D eigenvalue weighted by Crippen LogP contribution is -2.46. The van der Waals surface area contributed by atoms with Crippen LogP contribution in [-0.2, 0) is 17.9 Å². The van der Waals surface area contributed by atoms with Crippen molar-refractivity contribution >= 4 is 35.8 Å². The molecule has 0 radical (unpaired) electrons. The van der Waals surface area contributed by atoms with Gasteiger partial charge in [0.15, 0.2) is 5.96 Å². The van der Waals surface area contributed by atoms with Gasteiger partial charge in [-0.25, -0.2) is 4.99 Å². The Morgan fingerprint density at radius 2 is 1.90 bits per heavy atom. The molecule has 8 heteroatoms. The van der Waals surface area contributed by atoms with Gasteiger partial charge in [0.05, 0.1) is 19.6 Å². The van der Waals surface area contributed by atoms with Gasteiger partial charge < -0.3 is 16.0 Å². The number of rotatable bonds is 8. The molecule has 0 aliphatic heterocycles. The van der Waals surface area contributed by atoms with Crippen molar-refractivity contribution in [2.45, 2.75) is 58.2 Å². The van der Waals surface area contributed by atoms with Crippen molar-refractivity contribution in [2.24, 2.45) is 4.99 Å². The summed E-state index contributed by atoms with van der Waals surface area (Å²) in [5, 5.41) is 13.8. The van der Waals surface area contributed by atoms with E-state index >= 15 is 0 Å². The lowest BCUT2D eigenvalue weighted by Gasteiger charge is -2.23. The Kier molecular flexibility index (Phi) is 10.7. The van der Waals surface area contributed by atoms with E-state index in [1.807, 2.05) is 36.0 Å². The van der Waals surface area contributed by atoms with Gasteiger partial charge in [-0.05, 0) is 37.0 Å². The standard InChI is InChI=1S/C22H32N6O.HI/c1-2-23-22(25-16-21(29)27-20-11-4-3-5-12-20)24-15-18-9-6-7-10-19(18)17-28-14-8-13-26-28;/h6-10,13-14,20H,2-5,11-12,15-17H2,1H3,(H,27,29)(H2,23,24,25);1H. The number of nitrogens with one attached hydrogen (secondary N) is 3. The van der Waals surface area contributed by atoms with E-state index < -0.39 is 0 Å². The van der Waals surface area contributed by atoms with Gasteiger partial charge in [-0.1, -0.05) is 43.5 Å². The van der Waals surface area contributed by atoms with E-state index in [4.69, 9.17) is 0 Å². The molecule has 1 aliphatic rings. The molecular formula is C22H33IN6O. The summed E-state index contributed by atoms with van der Waals surface area (Å²) in [4.78, 5) is 16.9. The van der Waals surface area contributed by atoms with E-state index in [1.165, 1.54) is 24.8 Å². The molecule has 0 bridgehead atoms. The maximum atomic E-state index is 12.3. The summed E-state index contributed by atoms with van der Waals surface area (Å²) in [7, 11) is 0. The van der Waals surface area contributed by atoms with Crippen LogP contribution in [0.2, 0.25) is 0 Å². The Morgan fingerprint density at radius 3 is 2.60 bits per heavy atom. The highest BCUT2D eigenvalue weighted by Gasteiger charge is 2.15. The minimum Gasteiger partial charge on any atom is -0.357 e. The fourth-order valence-corrected chi connectivity index (χ4v) is 3.63. The van der Waals surface area contributed by atoms with Crippen LogP contribution < -0.4 is 16.0 Å². The second-order valence-corrected chi connectivity index (χ2v) is 7.42. The smallest absolute Gasteiger partial charge is 0.239 e. The number of carbonyl (C=O) groups excluding carboxylic acids is 1. The van der Waals surface area contributed by atoms with Crippen LogP contribution in [0.5, 0.6) is 0 Å². The summed E-state index contributed by atoms with van der Waals surface area (Å²) < 4.78 is 1.90. The molecule has 3 N–H and O–H groups in total. The first kappa shape index (κ1) is 24.2. The zero-order valence-corrected chi connectivity index (χ0v) is 20.0. The van der Waals surface area contributed by atoms with Crippen molar-refractivity contribution in [1.82, 2.24) is 25.7 Å². The van der Waals surface area contributed by atoms with Crippen LogP contribution in [-0.4, -0.2) is 40.8 Å². The molecule has 0 unspecified atom stereocenters. The number of amides is 1. The summed E-state index contributed by atoms with van der Waals surface area (Å²) in [5.41, 5.74) is 2.33. The molecule has 1 amide bonds. The summed E-state index contributed by atoms with van der Waals surface area (Å²) in [5.74, 6) is 0.682. The molecule has 1 aromatic carbocycles. The Labute approximate surface area is 196 Å². The zero-order chi connectivity index (χ0) is 20.3. The van der Waals surface area contributed by atoms with Gasteiger partial charge in [-0.3, -0.25) is 9.48 Å². The molecule has 164 valence electrons. The number of hydrogen-bond acceptors (Lipinski definition) is 3. The van der Waals surface area contributed by atoms with Crippen molar-refractivity contribution in [3.05, 3.63) is 53.9 Å². The molecule has 1 aliphatic carbocycles. The summed E-state index contributed by atoms with van der Waals surface area (Å²) >= 11 is 0. The van der Waals surface area contributed by atoms with Crippen LogP contribution >= 0.6 is 24.0 Å². The van der Waals surface area contributed by atoms with Gasteiger partial charge in [0.25, 0.3) is 0 Å². The Bertz CT molecular complexity index is 787. The third kappa shape index (κ3) is 7.97. The predicted molar refractivity (Wildman–Crippen MR) is 131 cm³/mol. The van der Waals surface area contributed by atoms with E-state index in [-0.39, 0.29) is 36.4 Å². The van der Waals surface area contributed by atoms with Gasteiger partial charge in [0.2, 0.25) is 5.91 Å². The maximum Gasteiger partial charge on any atom is 0.239 e. The first-order chi connectivity index (χ1) is 14.2. The number of guanidine groups is 1. The van der Waals surface area contributed by atoms with Gasteiger partial charge in [-0.2, -0.15) is 5.10 Å². The van der Waals surface area contributed by atoms with Crippen LogP contribution in [0.1, 0.15) is 50.2 Å². The fraction of sp³-hybridized carbons (Fsp3) is 0.500. The Morgan fingerprint density at radius 1 is 1.13 bits per heavy atom. The highest BCUT2D eigenvalue weighted by atomic mass is 127. The number of aliphatic imine (C=N–C) groups is 1. The highest BCUT2D eigenvalue weighted by Crippen LogP contribution is 2.17. The van der Waals surface area contributed by atoms with Crippen molar-refractivity contribution in [3.63, 3.8) is 0 Å². The molecular weight excluding hydrogens is 491 g/mol. The number of aromatic nitrogens is 2. The van der Waals surface area contributed by atoms with Gasteiger partial charge in [0.1, 0.15) is 0 Å². The topological polar surface area (TPSA) is 83.3 Å². The summed E-state index contributed by atoms with van der Waals surface area (Å²) in [6.07, 6.45) is 9.62. The van der Waals surface area contributed by atoms with Crippen molar-refractivity contribution in [3.8, 4) is 0 Å². The monoisotopic (exact) mass is 524 g/mol. The second kappa shape index (κ2) is 13.3. The molecule has 1 fully saturated rings. The Balaban J connectivity index is 0.00000320. The van der Waals surface area contributed by atoms with E-state index in [9.17, 15) is 4.79 Å². The highest BCUT2D eigenvalue weighted by molar-refractivity contribution is 14.0. The van der Waals surface area contributed by atoms with E-state index in [2.05, 4.69) is 38.2 Å². The third-order valence-corrected chi connectivity index (χ3v) is 5.15. The molecule has 0 atom stereocenters. The molecule has 1 heterocycles. The molecule has 3 rings (SSSR count). The van der Waals surface area contributed by atoms with E-state index in [0.29, 0.717) is 25.1 Å². The molecule has 7 nitrogen and oxygen atoms in total. The van der Waals surface area contributed by atoms with E-state index in [1.54, 1.807) is 6.20 Å². The first-order valence-corrected chi connectivity index (χ1v) is 10.6. The largest absolute Gasteiger partial charge is 0.357 e. The van der Waals surface area contributed by atoms with E-state index in [0.717, 1.165) is 24.9 Å². The van der Waals surface area contributed by atoms with Crippen molar-refractivity contribution in [1.29, 1.82) is 0 Å². The van der Waals surface area contributed by atoms with Crippen LogP contribution in [0.15, 0.2) is 47.7 Å². The van der Waals surface area contributed by atoms with Crippen molar-refractivity contribution < 1.29 is 4.79 Å². The lowest BCUT2D eigenvalue weighted by molar-refractivity contribution is -0.120. The third-order valence-electron chi connectivity index (χ3n) is 5.15. The normalized spacial score (nSPS) is 14.6. The minimum absolute atomic E-state index is 0. The average molecular weight is 524 g/mol. The number of benzene rings is 1. The maximum absolute atomic E-state index is 12.3. The number of carbonyl (C=O) groups is 1. The molecule has 1 saturated carbocycles. The SMILES string of the molecule is CCNC(=NCc1ccccc1Cn1cccn1)NCC(=O)NC1CCCCC1.I. The quantitative estimate of drug-likeness (QED) is 0.282. The number of nitrogens with zero attached hydrogens (tertiary/aromatic N) is 3.